The average Bonchev–Trinajstić information content (AvgIpc) is 2.99. The Kier molecular flexibility index (Phi) is 11.3. The summed E-state index contributed by atoms with van der Waals surface area (Å²) in [6.07, 6.45) is 20.0. The number of carbonyl (C=O) groups is 1. The molecule has 144 valence electrons. The molecule has 0 fully saturated rings. The second kappa shape index (κ2) is 13.0. The highest BCUT2D eigenvalue weighted by molar-refractivity contribution is 5.72. The lowest BCUT2D eigenvalue weighted by atomic mass is 10.1. The standard InChI is InChI=1S/C21H39N3O/c1-4-6-7-8-9-10-11-12-13-14-15-21-23-17-19-24(21,5-2)18-16-22-20(3)25/h4,17,19,21,23H,1,5-16,18H2,2-3H3/p+1. The minimum absolute atomic E-state index is 0.0615. The highest BCUT2D eigenvalue weighted by Crippen LogP contribution is 2.22. The molecule has 2 unspecified atom stereocenters. The van der Waals surface area contributed by atoms with Crippen LogP contribution in [0.5, 0.6) is 0 Å². The van der Waals surface area contributed by atoms with Crippen LogP contribution in [0.2, 0.25) is 0 Å². The summed E-state index contributed by atoms with van der Waals surface area (Å²) in [6, 6.07) is 0. The van der Waals surface area contributed by atoms with E-state index in [0.29, 0.717) is 6.17 Å². The topological polar surface area (TPSA) is 41.1 Å². The van der Waals surface area contributed by atoms with Crippen molar-refractivity contribution in [3.63, 3.8) is 0 Å². The Labute approximate surface area is 155 Å². The number of likely N-dealkylation sites (N-methyl/N-ethyl adjacent to an activating group) is 1. The first-order chi connectivity index (χ1) is 12.1. The zero-order valence-electron chi connectivity index (χ0n) is 16.6. The Morgan fingerprint density at radius 3 is 2.40 bits per heavy atom. The van der Waals surface area contributed by atoms with E-state index in [9.17, 15) is 4.79 Å². The lowest BCUT2D eigenvalue weighted by Gasteiger charge is -2.37. The van der Waals surface area contributed by atoms with Gasteiger partial charge in [0.25, 0.3) is 0 Å². The van der Waals surface area contributed by atoms with Crippen LogP contribution in [0, 0.1) is 0 Å². The van der Waals surface area contributed by atoms with E-state index in [4.69, 9.17) is 0 Å². The summed E-state index contributed by atoms with van der Waals surface area (Å²) in [6.45, 7) is 10.4. The molecule has 2 N–H and O–H groups in total. The van der Waals surface area contributed by atoms with Gasteiger partial charge < -0.3 is 10.6 Å². The molecule has 0 saturated carbocycles. The molecule has 0 aromatic carbocycles. The van der Waals surface area contributed by atoms with Gasteiger partial charge in [-0.05, 0) is 26.2 Å². The Balaban J connectivity index is 2.14. The molecule has 0 aromatic heterocycles. The minimum atomic E-state index is 0.0615. The second-order valence-corrected chi connectivity index (χ2v) is 7.32. The predicted molar refractivity (Wildman–Crippen MR) is 107 cm³/mol. The Bertz CT molecular complexity index is 408. The third-order valence-corrected chi connectivity index (χ3v) is 5.41. The van der Waals surface area contributed by atoms with Gasteiger partial charge in [0.15, 0.2) is 6.17 Å². The van der Waals surface area contributed by atoms with Gasteiger partial charge in [-0.15, -0.1) is 6.58 Å². The number of unbranched alkanes of at least 4 members (excludes halogenated alkanes) is 8. The Hall–Kier alpha value is -1.29. The molecule has 0 bridgehead atoms. The molecule has 0 aromatic rings. The van der Waals surface area contributed by atoms with Crippen molar-refractivity contribution in [2.24, 2.45) is 0 Å². The molecule has 1 aliphatic rings. The van der Waals surface area contributed by atoms with Crippen LogP contribution >= 0.6 is 0 Å². The van der Waals surface area contributed by atoms with Crippen molar-refractivity contribution in [3.8, 4) is 0 Å². The van der Waals surface area contributed by atoms with Gasteiger partial charge in [0.1, 0.15) is 12.7 Å². The van der Waals surface area contributed by atoms with Crippen LogP contribution in [-0.4, -0.2) is 36.2 Å². The Morgan fingerprint density at radius 2 is 1.80 bits per heavy atom. The molecule has 2 atom stereocenters. The van der Waals surface area contributed by atoms with E-state index in [2.05, 4.69) is 36.5 Å². The molecule has 25 heavy (non-hydrogen) atoms. The quantitative estimate of drug-likeness (QED) is 0.260. The largest absolute Gasteiger partial charge is 0.351 e. The van der Waals surface area contributed by atoms with Gasteiger partial charge in [0, 0.05) is 13.3 Å². The zero-order valence-corrected chi connectivity index (χ0v) is 16.6. The van der Waals surface area contributed by atoms with Gasteiger partial charge in [-0.2, -0.15) is 0 Å². The number of nitrogens with one attached hydrogen (secondary N) is 2. The summed E-state index contributed by atoms with van der Waals surface area (Å²) < 4.78 is 0.948. The van der Waals surface area contributed by atoms with Crippen molar-refractivity contribution in [2.75, 3.05) is 19.6 Å². The molecular formula is C21H40N3O+. The average molecular weight is 351 g/mol. The molecule has 0 spiro atoms. The van der Waals surface area contributed by atoms with E-state index in [0.717, 1.165) is 24.1 Å². The highest BCUT2D eigenvalue weighted by Gasteiger charge is 2.36. The molecule has 1 rings (SSSR count). The van der Waals surface area contributed by atoms with Crippen LogP contribution in [0.3, 0.4) is 0 Å². The van der Waals surface area contributed by atoms with Crippen LogP contribution in [0.25, 0.3) is 0 Å². The number of hydrogen-bond donors (Lipinski definition) is 2. The number of rotatable bonds is 15. The molecule has 1 amide bonds. The molecule has 1 aliphatic heterocycles. The fourth-order valence-corrected chi connectivity index (χ4v) is 3.74. The van der Waals surface area contributed by atoms with Crippen molar-refractivity contribution >= 4 is 5.91 Å². The van der Waals surface area contributed by atoms with E-state index in [-0.39, 0.29) is 5.91 Å². The highest BCUT2D eigenvalue weighted by atomic mass is 16.1. The third-order valence-electron chi connectivity index (χ3n) is 5.41. The van der Waals surface area contributed by atoms with E-state index in [1.54, 1.807) is 6.92 Å². The number of nitrogens with zero attached hydrogens (tertiary/aromatic N) is 1. The number of hydrogen-bond acceptors (Lipinski definition) is 2. The summed E-state index contributed by atoms with van der Waals surface area (Å²) in [5.74, 6) is 0.0615. The van der Waals surface area contributed by atoms with Crippen LogP contribution in [-0.2, 0) is 4.79 Å². The van der Waals surface area contributed by atoms with Gasteiger partial charge in [0.05, 0.1) is 19.3 Å². The van der Waals surface area contributed by atoms with Crippen molar-refractivity contribution in [1.82, 2.24) is 10.6 Å². The number of quaternary nitrogens is 1. The first-order valence-corrected chi connectivity index (χ1v) is 10.3. The van der Waals surface area contributed by atoms with Crippen LogP contribution < -0.4 is 10.6 Å². The van der Waals surface area contributed by atoms with Crippen molar-refractivity contribution < 1.29 is 9.28 Å². The van der Waals surface area contributed by atoms with Gasteiger partial charge >= 0.3 is 0 Å². The van der Waals surface area contributed by atoms with Crippen molar-refractivity contribution in [1.29, 1.82) is 0 Å². The normalized spacial score (nSPS) is 21.9. The van der Waals surface area contributed by atoms with Gasteiger partial charge in [-0.1, -0.05) is 44.6 Å². The zero-order chi connectivity index (χ0) is 18.4. The second-order valence-electron chi connectivity index (χ2n) is 7.32. The van der Waals surface area contributed by atoms with E-state index < -0.39 is 0 Å². The molecule has 4 heteroatoms. The summed E-state index contributed by atoms with van der Waals surface area (Å²) in [5.41, 5.74) is 0. The smallest absolute Gasteiger partial charge is 0.217 e. The number of allylic oxidation sites excluding steroid dienone is 1. The summed E-state index contributed by atoms with van der Waals surface area (Å²) in [5, 5.41) is 6.48. The molecule has 1 heterocycles. The van der Waals surface area contributed by atoms with Crippen molar-refractivity contribution in [3.05, 3.63) is 25.1 Å². The summed E-state index contributed by atoms with van der Waals surface area (Å²) in [4.78, 5) is 11.1. The first kappa shape index (κ1) is 21.8. The molecule has 0 saturated heterocycles. The maximum atomic E-state index is 11.1. The third kappa shape index (κ3) is 8.57. The molecular weight excluding hydrogens is 310 g/mol. The Morgan fingerprint density at radius 1 is 1.16 bits per heavy atom. The van der Waals surface area contributed by atoms with Crippen LogP contribution in [0.15, 0.2) is 25.1 Å². The van der Waals surface area contributed by atoms with E-state index >= 15 is 0 Å². The molecule has 0 radical (unpaired) electrons. The van der Waals surface area contributed by atoms with Gasteiger partial charge in [0.2, 0.25) is 5.91 Å². The SMILES string of the molecule is C=CCCCCCCCCCCC1NC=C[N+]1(CC)CCNC(C)=O. The first-order valence-electron chi connectivity index (χ1n) is 10.3. The predicted octanol–water partition coefficient (Wildman–Crippen LogP) is 4.45. The van der Waals surface area contributed by atoms with Gasteiger partial charge in [-0.25, -0.2) is 0 Å². The van der Waals surface area contributed by atoms with E-state index in [1.807, 2.05) is 6.08 Å². The lowest BCUT2D eigenvalue weighted by Crippen LogP contribution is -2.55. The number of carbonyl (C=O) groups excluding carboxylic acids is 1. The summed E-state index contributed by atoms with van der Waals surface area (Å²) >= 11 is 0. The molecule has 4 nitrogen and oxygen atoms in total. The van der Waals surface area contributed by atoms with Crippen molar-refractivity contribution in [2.45, 2.75) is 84.2 Å². The fourth-order valence-electron chi connectivity index (χ4n) is 3.74. The number of amides is 1. The molecule has 0 aliphatic carbocycles. The van der Waals surface area contributed by atoms with Gasteiger partial charge in [-0.3, -0.25) is 9.28 Å². The summed E-state index contributed by atoms with van der Waals surface area (Å²) in [7, 11) is 0. The fraction of sp³-hybridized carbons (Fsp3) is 0.762. The lowest BCUT2D eigenvalue weighted by molar-refractivity contribution is -0.898. The van der Waals surface area contributed by atoms with E-state index in [1.165, 1.54) is 64.2 Å². The minimum Gasteiger partial charge on any atom is -0.351 e. The maximum absolute atomic E-state index is 11.1. The van der Waals surface area contributed by atoms with Crippen LogP contribution in [0.4, 0.5) is 0 Å². The van der Waals surface area contributed by atoms with Crippen LogP contribution in [0.1, 0.15) is 78.1 Å². The maximum Gasteiger partial charge on any atom is 0.217 e. The monoisotopic (exact) mass is 350 g/mol.